The number of esters is 1. The van der Waals surface area contributed by atoms with Crippen LogP contribution in [0, 0.1) is 5.92 Å². The zero-order chi connectivity index (χ0) is 13.1. The zero-order valence-electron chi connectivity index (χ0n) is 10.2. The number of methoxy groups -OCH3 is 1. The SMILES string of the molecule is COC(=O)[C@H]1CC[C@H](n2ccc(O)nc2=O)CC1. The second kappa shape index (κ2) is 5.20. The van der Waals surface area contributed by atoms with Gasteiger partial charge in [-0.05, 0) is 25.7 Å². The summed E-state index contributed by atoms with van der Waals surface area (Å²) in [5.74, 6) is -0.504. The minimum absolute atomic E-state index is 0.0477. The first kappa shape index (κ1) is 12.6. The lowest BCUT2D eigenvalue weighted by Crippen LogP contribution is -2.30. The van der Waals surface area contributed by atoms with Crippen LogP contribution in [0.5, 0.6) is 5.88 Å². The molecule has 1 fully saturated rings. The summed E-state index contributed by atoms with van der Waals surface area (Å²) in [4.78, 5) is 26.5. The largest absolute Gasteiger partial charge is 0.493 e. The molecule has 1 aromatic heterocycles. The molecule has 0 amide bonds. The lowest BCUT2D eigenvalue weighted by atomic mass is 9.86. The van der Waals surface area contributed by atoms with E-state index in [-0.39, 0.29) is 23.8 Å². The molecule has 0 atom stereocenters. The minimum Gasteiger partial charge on any atom is -0.493 e. The number of hydrogen-bond donors (Lipinski definition) is 1. The third-order valence-electron chi connectivity index (χ3n) is 3.44. The molecule has 0 unspecified atom stereocenters. The van der Waals surface area contributed by atoms with Gasteiger partial charge >= 0.3 is 11.7 Å². The van der Waals surface area contributed by atoms with E-state index >= 15 is 0 Å². The second-order valence-corrected chi connectivity index (χ2v) is 4.50. The van der Waals surface area contributed by atoms with E-state index in [2.05, 4.69) is 4.98 Å². The van der Waals surface area contributed by atoms with Crippen molar-refractivity contribution in [2.75, 3.05) is 7.11 Å². The first-order chi connectivity index (χ1) is 8.61. The van der Waals surface area contributed by atoms with Gasteiger partial charge in [0.1, 0.15) is 0 Å². The zero-order valence-corrected chi connectivity index (χ0v) is 10.2. The van der Waals surface area contributed by atoms with Gasteiger partial charge in [0, 0.05) is 18.3 Å². The van der Waals surface area contributed by atoms with Crippen LogP contribution >= 0.6 is 0 Å². The van der Waals surface area contributed by atoms with E-state index in [9.17, 15) is 9.59 Å². The standard InChI is InChI=1S/C12H16N2O4/c1-18-11(16)8-2-4-9(5-3-8)14-7-6-10(15)13-12(14)17/h6-9H,2-5H2,1H3,(H,13,15,17)/t8-,9-. The van der Waals surface area contributed by atoms with Crippen LogP contribution in [0.3, 0.4) is 0 Å². The highest BCUT2D eigenvalue weighted by Crippen LogP contribution is 2.31. The fourth-order valence-corrected chi connectivity index (χ4v) is 2.44. The molecule has 0 bridgehead atoms. The van der Waals surface area contributed by atoms with Crippen molar-refractivity contribution in [3.8, 4) is 5.88 Å². The molecule has 0 saturated heterocycles. The Morgan fingerprint density at radius 3 is 2.67 bits per heavy atom. The summed E-state index contributed by atoms with van der Waals surface area (Å²) in [5.41, 5.74) is -0.448. The Labute approximate surface area is 104 Å². The van der Waals surface area contributed by atoms with E-state index in [0.717, 1.165) is 12.8 Å². The number of aromatic hydroxyl groups is 1. The van der Waals surface area contributed by atoms with Crippen molar-refractivity contribution >= 4 is 5.97 Å². The molecule has 18 heavy (non-hydrogen) atoms. The van der Waals surface area contributed by atoms with Crippen LogP contribution in [-0.4, -0.2) is 27.7 Å². The third-order valence-corrected chi connectivity index (χ3v) is 3.44. The smallest absolute Gasteiger partial charge is 0.351 e. The van der Waals surface area contributed by atoms with Crippen LogP contribution in [0.1, 0.15) is 31.7 Å². The summed E-state index contributed by atoms with van der Waals surface area (Å²) in [6.07, 6.45) is 4.46. The second-order valence-electron chi connectivity index (χ2n) is 4.50. The number of hydrogen-bond acceptors (Lipinski definition) is 5. The normalized spacial score (nSPS) is 23.6. The van der Waals surface area contributed by atoms with Gasteiger partial charge in [-0.3, -0.25) is 9.36 Å². The van der Waals surface area contributed by atoms with Gasteiger partial charge in [0.15, 0.2) is 0 Å². The molecule has 0 radical (unpaired) electrons. The van der Waals surface area contributed by atoms with E-state index in [1.54, 1.807) is 6.20 Å². The van der Waals surface area contributed by atoms with Crippen LogP contribution in [0.2, 0.25) is 0 Å². The third kappa shape index (κ3) is 2.52. The molecule has 6 heteroatoms. The lowest BCUT2D eigenvalue weighted by molar-refractivity contribution is -0.146. The molecule has 0 aliphatic heterocycles. The Bertz CT molecular complexity index is 489. The molecule has 1 aliphatic rings. The quantitative estimate of drug-likeness (QED) is 0.789. The van der Waals surface area contributed by atoms with Crippen LogP contribution in [0.4, 0.5) is 0 Å². The van der Waals surface area contributed by atoms with Gasteiger partial charge in [-0.25, -0.2) is 4.79 Å². The van der Waals surface area contributed by atoms with E-state index < -0.39 is 5.69 Å². The number of nitrogens with zero attached hydrogens (tertiary/aromatic N) is 2. The highest BCUT2D eigenvalue weighted by Gasteiger charge is 2.28. The van der Waals surface area contributed by atoms with Crippen molar-refractivity contribution in [2.24, 2.45) is 5.92 Å². The summed E-state index contributed by atoms with van der Waals surface area (Å²) in [6, 6.07) is 1.44. The minimum atomic E-state index is -0.448. The van der Waals surface area contributed by atoms with Crippen molar-refractivity contribution in [3.05, 3.63) is 22.7 Å². The van der Waals surface area contributed by atoms with Crippen LogP contribution in [-0.2, 0) is 9.53 Å². The summed E-state index contributed by atoms with van der Waals surface area (Å²) >= 11 is 0. The van der Waals surface area contributed by atoms with Crippen molar-refractivity contribution in [3.63, 3.8) is 0 Å². The number of carbonyl (C=O) groups excluding carboxylic acids is 1. The molecule has 6 nitrogen and oxygen atoms in total. The topological polar surface area (TPSA) is 81.4 Å². The van der Waals surface area contributed by atoms with Crippen LogP contribution in [0.25, 0.3) is 0 Å². The average Bonchev–Trinajstić information content (AvgIpc) is 2.38. The molecule has 2 rings (SSSR count). The summed E-state index contributed by atoms with van der Waals surface area (Å²) < 4.78 is 6.24. The van der Waals surface area contributed by atoms with Crippen molar-refractivity contribution < 1.29 is 14.6 Å². The summed E-state index contributed by atoms with van der Waals surface area (Å²) in [7, 11) is 1.39. The highest BCUT2D eigenvalue weighted by atomic mass is 16.5. The summed E-state index contributed by atoms with van der Waals surface area (Å²) in [6.45, 7) is 0. The van der Waals surface area contributed by atoms with E-state index in [1.807, 2.05) is 0 Å². The summed E-state index contributed by atoms with van der Waals surface area (Å²) in [5, 5.41) is 9.10. The van der Waals surface area contributed by atoms with Gasteiger partial charge in [0.2, 0.25) is 5.88 Å². The Kier molecular flexibility index (Phi) is 3.64. The fraction of sp³-hybridized carbons (Fsp3) is 0.583. The highest BCUT2D eigenvalue weighted by molar-refractivity contribution is 5.72. The fourth-order valence-electron chi connectivity index (χ4n) is 2.44. The molecular formula is C12H16N2O4. The molecule has 0 aromatic carbocycles. The predicted octanol–water partition coefficient (Wildman–Crippen LogP) is 0.853. The van der Waals surface area contributed by atoms with Gasteiger partial charge in [0.25, 0.3) is 0 Å². The maximum Gasteiger partial charge on any atom is 0.351 e. The molecule has 1 saturated carbocycles. The van der Waals surface area contributed by atoms with Crippen molar-refractivity contribution in [1.29, 1.82) is 0 Å². The Morgan fingerprint density at radius 1 is 1.44 bits per heavy atom. The van der Waals surface area contributed by atoms with Gasteiger partial charge in [0.05, 0.1) is 13.0 Å². The predicted molar refractivity (Wildman–Crippen MR) is 63.2 cm³/mol. The molecule has 0 spiro atoms. The van der Waals surface area contributed by atoms with Crippen LogP contribution in [0.15, 0.2) is 17.1 Å². The monoisotopic (exact) mass is 252 g/mol. The maximum atomic E-state index is 11.6. The molecule has 1 aliphatic carbocycles. The van der Waals surface area contributed by atoms with Gasteiger partial charge < -0.3 is 9.84 Å². The first-order valence-corrected chi connectivity index (χ1v) is 5.98. The van der Waals surface area contributed by atoms with E-state index in [1.165, 1.54) is 17.7 Å². The van der Waals surface area contributed by atoms with Crippen molar-refractivity contribution in [1.82, 2.24) is 9.55 Å². The molecule has 1 N–H and O–H groups in total. The average molecular weight is 252 g/mol. The van der Waals surface area contributed by atoms with E-state index in [0.29, 0.717) is 12.8 Å². The van der Waals surface area contributed by atoms with E-state index in [4.69, 9.17) is 9.84 Å². The van der Waals surface area contributed by atoms with Gasteiger partial charge in [-0.1, -0.05) is 0 Å². The molecule has 1 aromatic rings. The number of rotatable bonds is 2. The number of ether oxygens (including phenoxy) is 1. The molecular weight excluding hydrogens is 236 g/mol. The lowest BCUT2D eigenvalue weighted by Gasteiger charge is -2.27. The Balaban J connectivity index is 2.05. The number of aromatic nitrogens is 2. The Hall–Kier alpha value is -1.85. The van der Waals surface area contributed by atoms with Gasteiger partial charge in [-0.2, -0.15) is 4.98 Å². The molecule has 1 heterocycles. The molecule has 98 valence electrons. The number of carbonyl (C=O) groups is 1. The first-order valence-electron chi connectivity index (χ1n) is 5.98. The van der Waals surface area contributed by atoms with Gasteiger partial charge in [-0.15, -0.1) is 0 Å². The maximum absolute atomic E-state index is 11.6. The van der Waals surface area contributed by atoms with Crippen LogP contribution < -0.4 is 5.69 Å². The Morgan fingerprint density at radius 2 is 2.11 bits per heavy atom. The van der Waals surface area contributed by atoms with Crippen molar-refractivity contribution in [2.45, 2.75) is 31.7 Å².